The quantitative estimate of drug-likeness (QED) is 0.746. The van der Waals surface area contributed by atoms with Gasteiger partial charge in [-0.15, -0.1) is 0 Å². The van der Waals surface area contributed by atoms with Crippen LogP contribution >= 0.6 is 0 Å². The van der Waals surface area contributed by atoms with Gasteiger partial charge in [0.25, 0.3) is 0 Å². The van der Waals surface area contributed by atoms with Gasteiger partial charge in [0.1, 0.15) is 0 Å². The number of nitrogens with one attached hydrogen (secondary N) is 1. The third kappa shape index (κ3) is 6.64. The summed E-state index contributed by atoms with van der Waals surface area (Å²) >= 11 is 0. The standard InChI is InChI=1S/C25H34N4O2/c1-19-7-5-10-22(15-19)16-28-11-13-29(14-12-28)18-24(31)27(4)17-23(30)26-25-20(2)8-6-9-21(25)3/h5-10,15H,11-14,16-18H2,1-4H3,(H,26,30). The molecule has 2 aromatic rings. The van der Waals surface area contributed by atoms with Crippen LogP contribution < -0.4 is 5.32 Å². The number of anilines is 1. The van der Waals surface area contributed by atoms with Crippen LogP contribution in [0, 0.1) is 20.8 Å². The van der Waals surface area contributed by atoms with Gasteiger partial charge in [-0.1, -0.05) is 48.0 Å². The number of rotatable bonds is 7. The Kier molecular flexibility index (Phi) is 7.82. The molecular weight excluding hydrogens is 388 g/mol. The zero-order valence-electron chi connectivity index (χ0n) is 19.1. The van der Waals surface area contributed by atoms with E-state index in [1.807, 2.05) is 32.0 Å². The van der Waals surface area contributed by atoms with Crippen molar-refractivity contribution in [1.29, 1.82) is 0 Å². The summed E-state index contributed by atoms with van der Waals surface area (Å²) in [6.45, 7) is 11.0. The number of piperazine rings is 1. The lowest BCUT2D eigenvalue weighted by molar-refractivity contribution is -0.134. The Morgan fingerprint density at radius 2 is 1.55 bits per heavy atom. The van der Waals surface area contributed by atoms with E-state index in [1.54, 1.807) is 7.05 Å². The van der Waals surface area contributed by atoms with Crippen molar-refractivity contribution in [3.63, 3.8) is 0 Å². The first-order valence-corrected chi connectivity index (χ1v) is 10.9. The van der Waals surface area contributed by atoms with E-state index in [9.17, 15) is 9.59 Å². The van der Waals surface area contributed by atoms with Crippen molar-refractivity contribution in [2.45, 2.75) is 27.3 Å². The highest BCUT2D eigenvalue weighted by Gasteiger charge is 2.21. The number of aryl methyl sites for hydroxylation is 3. The number of benzene rings is 2. The van der Waals surface area contributed by atoms with E-state index in [2.05, 4.69) is 46.3 Å². The van der Waals surface area contributed by atoms with E-state index in [0.29, 0.717) is 6.54 Å². The number of para-hydroxylation sites is 1. The second-order valence-electron chi connectivity index (χ2n) is 8.61. The molecule has 2 aromatic carbocycles. The van der Waals surface area contributed by atoms with Gasteiger partial charge >= 0.3 is 0 Å². The van der Waals surface area contributed by atoms with E-state index in [1.165, 1.54) is 16.0 Å². The molecule has 2 amide bonds. The lowest BCUT2D eigenvalue weighted by Gasteiger charge is -2.35. The van der Waals surface area contributed by atoms with E-state index in [0.717, 1.165) is 49.5 Å². The molecule has 0 aliphatic carbocycles. The molecule has 0 unspecified atom stereocenters. The summed E-state index contributed by atoms with van der Waals surface area (Å²) in [5.41, 5.74) is 5.49. The average molecular weight is 423 g/mol. The van der Waals surface area contributed by atoms with Crippen molar-refractivity contribution in [3.8, 4) is 0 Å². The molecule has 3 rings (SSSR count). The largest absolute Gasteiger partial charge is 0.335 e. The lowest BCUT2D eigenvalue weighted by atomic mass is 10.1. The number of hydrogen-bond acceptors (Lipinski definition) is 4. The number of carbonyl (C=O) groups is 2. The molecule has 166 valence electrons. The predicted molar refractivity (Wildman–Crippen MR) is 125 cm³/mol. The van der Waals surface area contributed by atoms with Gasteiger partial charge in [-0.05, 0) is 37.5 Å². The predicted octanol–water partition coefficient (Wildman–Crippen LogP) is 2.83. The molecule has 0 aromatic heterocycles. The van der Waals surface area contributed by atoms with Crippen LogP contribution in [0.15, 0.2) is 42.5 Å². The molecule has 6 nitrogen and oxygen atoms in total. The van der Waals surface area contributed by atoms with E-state index in [4.69, 9.17) is 0 Å². The molecule has 1 aliphatic rings. The number of hydrogen-bond donors (Lipinski definition) is 1. The minimum absolute atomic E-state index is 0.0243. The molecule has 31 heavy (non-hydrogen) atoms. The van der Waals surface area contributed by atoms with Crippen molar-refractivity contribution >= 4 is 17.5 Å². The molecule has 0 saturated carbocycles. The van der Waals surface area contributed by atoms with Crippen LogP contribution in [0.1, 0.15) is 22.3 Å². The summed E-state index contributed by atoms with van der Waals surface area (Å²) in [5.74, 6) is -0.194. The van der Waals surface area contributed by atoms with Crippen molar-refractivity contribution in [1.82, 2.24) is 14.7 Å². The van der Waals surface area contributed by atoms with Gasteiger partial charge in [0.15, 0.2) is 0 Å². The summed E-state index contributed by atoms with van der Waals surface area (Å²) < 4.78 is 0. The van der Waals surface area contributed by atoms with E-state index < -0.39 is 0 Å². The SMILES string of the molecule is Cc1cccc(CN2CCN(CC(=O)N(C)CC(=O)Nc3c(C)cccc3C)CC2)c1. The molecule has 0 bridgehead atoms. The fourth-order valence-corrected chi connectivity index (χ4v) is 3.98. The summed E-state index contributed by atoms with van der Waals surface area (Å²) in [6.07, 6.45) is 0. The van der Waals surface area contributed by atoms with Crippen molar-refractivity contribution in [3.05, 3.63) is 64.7 Å². The highest BCUT2D eigenvalue weighted by Crippen LogP contribution is 2.19. The molecule has 1 N–H and O–H groups in total. The first kappa shape index (κ1) is 23.0. The highest BCUT2D eigenvalue weighted by molar-refractivity contribution is 5.95. The van der Waals surface area contributed by atoms with E-state index >= 15 is 0 Å². The zero-order chi connectivity index (χ0) is 22.4. The Balaban J connectivity index is 1.42. The van der Waals surface area contributed by atoms with Gasteiger partial charge in [0.2, 0.25) is 11.8 Å². The third-order valence-electron chi connectivity index (χ3n) is 5.86. The molecular formula is C25H34N4O2. The summed E-state index contributed by atoms with van der Waals surface area (Å²) in [4.78, 5) is 31.2. The number of nitrogens with zero attached hydrogens (tertiary/aromatic N) is 3. The maximum atomic E-state index is 12.6. The van der Waals surface area contributed by atoms with Crippen LogP contribution in [0.3, 0.4) is 0 Å². The smallest absolute Gasteiger partial charge is 0.243 e. The molecule has 0 radical (unpaired) electrons. The van der Waals surface area contributed by atoms with Gasteiger partial charge in [0.05, 0.1) is 13.1 Å². The number of amides is 2. The van der Waals surface area contributed by atoms with Crippen LogP contribution in [-0.4, -0.2) is 72.8 Å². The molecule has 1 saturated heterocycles. The van der Waals surface area contributed by atoms with Gasteiger partial charge in [0, 0.05) is 45.5 Å². The lowest BCUT2D eigenvalue weighted by Crippen LogP contribution is -2.49. The first-order chi connectivity index (χ1) is 14.8. The second kappa shape index (κ2) is 10.6. The van der Waals surface area contributed by atoms with Crippen LogP contribution in [0.25, 0.3) is 0 Å². The summed E-state index contributed by atoms with van der Waals surface area (Å²) in [6, 6.07) is 14.5. The summed E-state index contributed by atoms with van der Waals surface area (Å²) in [5, 5.41) is 2.95. The Bertz CT molecular complexity index is 899. The minimum atomic E-state index is -0.170. The minimum Gasteiger partial charge on any atom is -0.335 e. The molecule has 0 atom stereocenters. The summed E-state index contributed by atoms with van der Waals surface area (Å²) in [7, 11) is 1.70. The van der Waals surface area contributed by atoms with Crippen molar-refractivity contribution in [2.24, 2.45) is 0 Å². The van der Waals surface area contributed by atoms with Crippen LogP contribution in [0.2, 0.25) is 0 Å². The van der Waals surface area contributed by atoms with Gasteiger partial charge in [-0.3, -0.25) is 19.4 Å². The Morgan fingerprint density at radius 1 is 0.935 bits per heavy atom. The maximum Gasteiger partial charge on any atom is 0.243 e. The monoisotopic (exact) mass is 422 g/mol. The number of carbonyl (C=O) groups excluding carboxylic acids is 2. The fraction of sp³-hybridized carbons (Fsp3) is 0.440. The first-order valence-electron chi connectivity index (χ1n) is 10.9. The highest BCUT2D eigenvalue weighted by atomic mass is 16.2. The molecule has 1 fully saturated rings. The molecule has 0 spiro atoms. The fourth-order valence-electron chi connectivity index (χ4n) is 3.98. The zero-order valence-corrected chi connectivity index (χ0v) is 19.1. The average Bonchev–Trinajstić information content (AvgIpc) is 2.72. The normalized spacial score (nSPS) is 15.0. The Hall–Kier alpha value is -2.70. The van der Waals surface area contributed by atoms with Gasteiger partial charge in [-0.2, -0.15) is 0 Å². The topological polar surface area (TPSA) is 55.9 Å². The van der Waals surface area contributed by atoms with Crippen molar-refractivity contribution in [2.75, 3.05) is 51.6 Å². The van der Waals surface area contributed by atoms with Crippen LogP contribution in [0.5, 0.6) is 0 Å². The molecule has 1 aliphatic heterocycles. The van der Waals surface area contributed by atoms with Crippen LogP contribution in [-0.2, 0) is 16.1 Å². The van der Waals surface area contributed by atoms with E-state index in [-0.39, 0.29) is 18.4 Å². The maximum absolute atomic E-state index is 12.6. The van der Waals surface area contributed by atoms with Crippen LogP contribution in [0.4, 0.5) is 5.69 Å². The van der Waals surface area contributed by atoms with Gasteiger partial charge in [-0.25, -0.2) is 0 Å². The second-order valence-corrected chi connectivity index (χ2v) is 8.61. The molecule has 6 heteroatoms. The van der Waals surface area contributed by atoms with Gasteiger partial charge < -0.3 is 10.2 Å². The molecule has 1 heterocycles. The van der Waals surface area contributed by atoms with Crippen molar-refractivity contribution < 1.29 is 9.59 Å². The Morgan fingerprint density at radius 3 is 2.19 bits per heavy atom. The Labute approximate surface area is 185 Å². The number of likely N-dealkylation sites (N-methyl/N-ethyl adjacent to an activating group) is 1. The third-order valence-corrected chi connectivity index (χ3v) is 5.86.